The highest BCUT2D eigenvalue weighted by molar-refractivity contribution is 4.89. The molecule has 16 heavy (non-hydrogen) atoms. The quantitative estimate of drug-likeness (QED) is 0.685. The molecule has 0 aromatic carbocycles. The van der Waals surface area contributed by atoms with E-state index >= 15 is 0 Å². The van der Waals surface area contributed by atoms with Crippen LogP contribution in [0.3, 0.4) is 0 Å². The first-order valence-corrected chi connectivity index (χ1v) is 6.18. The molecule has 96 valence electrons. The summed E-state index contributed by atoms with van der Waals surface area (Å²) in [5, 5.41) is 0. The Hall–Kier alpha value is -0.160. The summed E-state index contributed by atoms with van der Waals surface area (Å²) in [5.41, 5.74) is 0. The van der Waals surface area contributed by atoms with Gasteiger partial charge in [-0.1, -0.05) is 6.92 Å². The maximum atomic E-state index is 5.40. The SMILES string of the molecule is CCN1CCN(C)CC(N(C)C)C1COC. The Morgan fingerprint density at radius 3 is 2.50 bits per heavy atom. The number of hydrogen-bond acceptors (Lipinski definition) is 4. The summed E-state index contributed by atoms with van der Waals surface area (Å²) < 4.78 is 5.40. The third kappa shape index (κ3) is 3.42. The average Bonchev–Trinajstić information content (AvgIpc) is 2.39. The average molecular weight is 229 g/mol. The summed E-state index contributed by atoms with van der Waals surface area (Å²) in [6, 6.07) is 1.06. The van der Waals surface area contributed by atoms with E-state index in [9.17, 15) is 0 Å². The zero-order valence-electron chi connectivity index (χ0n) is 11.4. The summed E-state index contributed by atoms with van der Waals surface area (Å²) in [4.78, 5) is 7.29. The zero-order chi connectivity index (χ0) is 12.1. The van der Waals surface area contributed by atoms with Crippen LogP contribution < -0.4 is 0 Å². The number of rotatable bonds is 4. The van der Waals surface area contributed by atoms with Crippen LogP contribution in [0.4, 0.5) is 0 Å². The molecule has 1 fully saturated rings. The van der Waals surface area contributed by atoms with Crippen LogP contribution in [0, 0.1) is 0 Å². The molecule has 4 heteroatoms. The van der Waals surface area contributed by atoms with Gasteiger partial charge in [-0.3, -0.25) is 4.90 Å². The Kier molecular flexibility index (Phi) is 5.69. The molecular weight excluding hydrogens is 202 g/mol. The largest absolute Gasteiger partial charge is 0.383 e. The van der Waals surface area contributed by atoms with Gasteiger partial charge in [-0.2, -0.15) is 0 Å². The van der Waals surface area contributed by atoms with Gasteiger partial charge in [0, 0.05) is 38.8 Å². The third-order valence-electron chi connectivity index (χ3n) is 3.59. The first kappa shape index (κ1) is 13.9. The first-order valence-electron chi connectivity index (χ1n) is 6.18. The van der Waals surface area contributed by atoms with Crippen molar-refractivity contribution < 1.29 is 4.74 Å². The van der Waals surface area contributed by atoms with Gasteiger partial charge in [0.1, 0.15) is 0 Å². The Bertz CT molecular complexity index is 199. The number of ether oxygens (including phenoxy) is 1. The molecule has 2 atom stereocenters. The van der Waals surface area contributed by atoms with E-state index in [4.69, 9.17) is 4.74 Å². The molecule has 0 aromatic heterocycles. The standard InChI is InChI=1S/C12H27N3O/c1-6-15-8-7-14(4)9-11(13(2)3)12(15)10-16-5/h11-12H,6-10H2,1-5H3. The lowest BCUT2D eigenvalue weighted by Crippen LogP contribution is -2.53. The van der Waals surface area contributed by atoms with Crippen molar-refractivity contribution in [3.8, 4) is 0 Å². The van der Waals surface area contributed by atoms with Crippen molar-refractivity contribution in [3.63, 3.8) is 0 Å². The topological polar surface area (TPSA) is 19.0 Å². The Balaban J connectivity index is 2.79. The molecule has 0 spiro atoms. The highest BCUT2D eigenvalue weighted by atomic mass is 16.5. The molecule has 0 amide bonds. The fourth-order valence-corrected chi connectivity index (χ4v) is 2.53. The predicted octanol–water partition coefficient (Wildman–Crippen LogP) is 0.199. The van der Waals surface area contributed by atoms with Gasteiger partial charge in [0.25, 0.3) is 0 Å². The van der Waals surface area contributed by atoms with E-state index in [2.05, 4.69) is 42.8 Å². The molecule has 1 heterocycles. The van der Waals surface area contributed by atoms with Crippen molar-refractivity contribution in [3.05, 3.63) is 0 Å². The highest BCUT2D eigenvalue weighted by Gasteiger charge is 2.31. The molecule has 0 N–H and O–H groups in total. The van der Waals surface area contributed by atoms with Crippen LogP contribution in [-0.4, -0.2) is 87.8 Å². The van der Waals surface area contributed by atoms with Crippen molar-refractivity contribution in [2.45, 2.75) is 19.0 Å². The van der Waals surface area contributed by atoms with Gasteiger partial charge in [0.15, 0.2) is 0 Å². The van der Waals surface area contributed by atoms with Gasteiger partial charge in [-0.05, 0) is 27.7 Å². The van der Waals surface area contributed by atoms with E-state index in [1.165, 1.54) is 0 Å². The number of hydrogen-bond donors (Lipinski definition) is 0. The van der Waals surface area contributed by atoms with E-state index in [1.54, 1.807) is 7.11 Å². The van der Waals surface area contributed by atoms with Crippen LogP contribution in [0.2, 0.25) is 0 Å². The van der Waals surface area contributed by atoms with Crippen LogP contribution >= 0.6 is 0 Å². The van der Waals surface area contributed by atoms with E-state index in [-0.39, 0.29) is 0 Å². The van der Waals surface area contributed by atoms with Gasteiger partial charge in [0.05, 0.1) is 6.61 Å². The summed E-state index contributed by atoms with van der Waals surface area (Å²) >= 11 is 0. The molecule has 1 saturated heterocycles. The van der Waals surface area contributed by atoms with E-state index in [0.717, 1.165) is 32.8 Å². The van der Waals surface area contributed by atoms with Gasteiger partial charge >= 0.3 is 0 Å². The van der Waals surface area contributed by atoms with E-state index in [1.807, 2.05) is 0 Å². The van der Waals surface area contributed by atoms with E-state index < -0.39 is 0 Å². The van der Waals surface area contributed by atoms with Crippen LogP contribution in [0.25, 0.3) is 0 Å². The summed E-state index contributed by atoms with van der Waals surface area (Å²) in [7, 11) is 8.34. The normalized spacial score (nSPS) is 29.6. The van der Waals surface area contributed by atoms with Gasteiger partial charge in [0.2, 0.25) is 0 Å². The summed E-state index contributed by atoms with van der Waals surface area (Å²) in [6.07, 6.45) is 0. The maximum Gasteiger partial charge on any atom is 0.0633 e. The lowest BCUT2D eigenvalue weighted by molar-refractivity contribution is 0.0524. The maximum absolute atomic E-state index is 5.40. The van der Waals surface area contributed by atoms with Crippen molar-refractivity contribution in [2.24, 2.45) is 0 Å². The molecular formula is C12H27N3O. The number of methoxy groups -OCH3 is 1. The fourth-order valence-electron chi connectivity index (χ4n) is 2.53. The van der Waals surface area contributed by atoms with Gasteiger partial charge in [-0.25, -0.2) is 0 Å². The molecule has 0 saturated carbocycles. The van der Waals surface area contributed by atoms with Crippen molar-refractivity contribution in [1.29, 1.82) is 0 Å². The summed E-state index contributed by atoms with van der Waals surface area (Å²) in [5.74, 6) is 0. The smallest absolute Gasteiger partial charge is 0.0633 e. The van der Waals surface area contributed by atoms with Crippen LogP contribution in [0.15, 0.2) is 0 Å². The molecule has 0 aromatic rings. The monoisotopic (exact) mass is 229 g/mol. The minimum absolute atomic E-state index is 0.509. The molecule has 0 bridgehead atoms. The lowest BCUT2D eigenvalue weighted by atomic mass is 10.1. The minimum atomic E-state index is 0.509. The zero-order valence-corrected chi connectivity index (χ0v) is 11.4. The molecule has 0 aliphatic carbocycles. The van der Waals surface area contributed by atoms with Crippen LogP contribution in [0.5, 0.6) is 0 Å². The summed E-state index contributed by atoms with van der Waals surface area (Å²) in [6.45, 7) is 7.58. The molecule has 0 radical (unpaired) electrons. The lowest BCUT2D eigenvalue weighted by Gasteiger charge is -2.37. The van der Waals surface area contributed by atoms with Crippen LogP contribution in [-0.2, 0) is 4.74 Å². The Morgan fingerprint density at radius 2 is 2.00 bits per heavy atom. The van der Waals surface area contributed by atoms with Crippen molar-refractivity contribution in [2.75, 3.05) is 61.0 Å². The van der Waals surface area contributed by atoms with Crippen molar-refractivity contribution in [1.82, 2.24) is 14.7 Å². The van der Waals surface area contributed by atoms with E-state index in [0.29, 0.717) is 12.1 Å². The first-order chi connectivity index (χ1) is 7.60. The Labute approximate surface area is 100 Å². The van der Waals surface area contributed by atoms with Gasteiger partial charge < -0.3 is 14.5 Å². The Morgan fingerprint density at radius 1 is 1.31 bits per heavy atom. The second kappa shape index (κ2) is 6.55. The molecule has 4 nitrogen and oxygen atoms in total. The highest BCUT2D eigenvalue weighted by Crippen LogP contribution is 2.14. The predicted molar refractivity (Wildman–Crippen MR) is 67.9 cm³/mol. The fraction of sp³-hybridized carbons (Fsp3) is 1.00. The second-order valence-electron chi connectivity index (χ2n) is 4.94. The van der Waals surface area contributed by atoms with Crippen molar-refractivity contribution >= 4 is 0 Å². The third-order valence-corrected chi connectivity index (χ3v) is 3.59. The minimum Gasteiger partial charge on any atom is -0.383 e. The molecule has 2 unspecified atom stereocenters. The van der Waals surface area contributed by atoms with Crippen LogP contribution in [0.1, 0.15) is 6.92 Å². The number of likely N-dealkylation sites (N-methyl/N-ethyl adjacent to an activating group) is 3. The van der Waals surface area contributed by atoms with Gasteiger partial charge in [-0.15, -0.1) is 0 Å². The molecule has 1 aliphatic rings. The number of nitrogens with zero attached hydrogens (tertiary/aromatic N) is 3. The molecule has 1 aliphatic heterocycles. The molecule has 1 rings (SSSR count). The second-order valence-corrected chi connectivity index (χ2v) is 4.94.